The van der Waals surface area contributed by atoms with Gasteiger partial charge in [-0.1, -0.05) is 38.4 Å². The zero-order valence-electron chi connectivity index (χ0n) is 11.6. The second-order valence-electron chi connectivity index (χ2n) is 5.65. The summed E-state index contributed by atoms with van der Waals surface area (Å²) in [6, 6.07) is 6.01. The molecule has 0 aliphatic carbocycles. The van der Waals surface area contributed by atoms with Crippen LogP contribution in [0.25, 0.3) is 0 Å². The van der Waals surface area contributed by atoms with E-state index >= 15 is 0 Å². The number of rotatable bonds is 2. The largest absolute Gasteiger partial charge is 0.359 e. The van der Waals surface area contributed by atoms with E-state index in [9.17, 15) is 0 Å². The monoisotopic (exact) mass is 284 g/mol. The van der Waals surface area contributed by atoms with E-state index in [0.717, 1.165) is 11.3 Å². The van der Waals surface area contributed by atoms with Crippen LogP contribution < -0.4 is 10.6 Å². The van der Waals surface area contributed by atoms with Gasteiger partial charge in [-0.05, 0) is 49.2 Å². The van der Waals surface area contributed by atoms with Crippen molar-refractivity contribution in [2.24, 2.45) is 5.41 Å². The van der Waals surface area contributed by atoms with Crippen molar-refractivity contribution < 1.29 is 0 Å². The van der Waals surface area contributed by atoms with Gasteiger partial charge in [0.1, 0.15) is 0 Å². The maximum atomic E-state index is 5.97. The Hall–Kier alpha value is -0.800. The third kappa shape index (κ3) is 4.46. The summed E-state index contributed by atoms with van der Waals surface area (Å²) in [5, 5.41) is 7.81. The van der Waals surface area contributed by atoms with Gasteiger partial charge >= 0.3 is 0 Å². The molecule has 0 aromatic heterocycles. The number of thiocarbonyl (C=S) groups is 1. The highest BCUT2D eigenvalue weighted by Crippen LogP contribution is 2.21. The fraction of sp³-hybridized carbons (Fsp3) is 0.500. The zero-order chi connectivity index (χ0) is 13.9. The van der Waals surface area contributed by atoms with E-state index in [4.69, 9.17) is 23.8 Å². The number of hydrogen-bond acceptors (Lipinski definition) is 1. The van der Waals surface area contributed by atoms with E-state index in [1.165, 1.54) is 0 Å². The third-order valence-electron chi connectivity index (χ3n) is 3.09. The van der Waals surface area contributed by atoms with E-state index < -0.39 is 0 Å². The molecule has 0 spiro atoms. The van der Waals surface area contributed by atoms with Crippen LogP contribution in [0, 0.1) is 12.3 Å². The second-order valence-corrected chi connectivity index (χ2v) is 6.49. The van der Waals surface area contributed by atoms with E-state index in [1.54, 1.807) is 0 Å². The summed E-state index contributed by atoms with van der Waals surface area (Å²) in [5.41, 5.74) is 2.22. The average Bonchev–Trinajstić information content (AvgIpc) is 2.22. The summed E-state index contributed by atoms with van der Waals surface area (Å²) < 4.78 is 0. The van der Waals surface area contributed by atoms with Crippen LogP contribution >= 0.6 is 23.8 Å². The van der Waals surface area contributed by atoms with Gasteiger partial charge in [0.15, 0.2) is 5.11 Å². The topological polar surface area (TPSA) is 24.1 Å². The smallest absolute Gasteiger partial charge is 0.171 e. The summed E-state index contributed by atoms with van der Waals surface area (Å²) in [7, 11) is 0. The van der Waals surface area contributed by atoms with Crippen molar-refractivity contribution in [1.29, 1.82) is 0 Å². The molecule has 100 valence electrons. The number of hydrogen-bond donors (Lipinski definition) is 2. The minimum absolute atomic E-state index is 0.162. The molecular formula is C14H21ClN2S. The van der Waals surface area contributed by atoms with Crippen molar-refractivity contribution in [3.63, 3.8) is 0 Å². The first kappa shape index (κ1) is 15.3. The summed E-state index contributed by atoms with van der Waals surface area (Å²) in [6.07, 6.45) is 0. The molecular weight excluding hydrogens is 264 g/mol. The van der Waals surface area contributed by atoms with Crippen LogP contribution in [0.5, 0.6) is 0 Å². The van der Waals surface area contributed by atoms with Crippen LogP contribution in [0.2, 0.25) is 5.02 Å². The number of aryl methyl sites for hydroxylation is 1. The molecule has 0 bridgehead atoms. The summed E-state index contributed by atoms with van der Waals surface area (Å²) in [5.74, 6) is 0. The summed E-state index contributed by atoms with van der Waals surface area (Å²) in [4.78, 5) is 0. The van der Waals surface area contributed by atoms with Crippen LogP contribution in [0.15, 0.2) is 18.2 Å². The molecule has 1 rings (SSSR count). The normalized spacial score (nSPS) is 13.0. The molecule has 1 aromatic rings. The minimum atomic E-state index is 0.162. The van der Waals surface area contributed by atoms with Crippen LogP contribution in [0.3, 0.4) is 0 Å². The fourth-order valence-corrected chi connectivity index (χ4v) is 1.76. The van der Waals surface area contributed by atoms with Crippen molar-refractivity contribution in [1.82, 2.24) is 5.32 Å². The predicted octanol–water partition coefficient (Wildman–Crippen LogP) is 4.37. The highest BCUT2D eigenvalue weighted by Gasteiger charge is 2.20. The van der Waals surface area contributed by atoms with Gasteiger partial charge in [0.25, 0.3) is 0 Å². The van der Waals surface area contributed by atoms with Crippen LogP contribution in [-0.4, -0.2) is 11.2 Å². The quantitative estimate of drug-likeness (QED) is 0.789. The molecule has 1 atom stereocenters. The summed E-state index contributed by atoms with van der Waals surface area (Å²) in [6.45, 7) is 10.7. The Balaban J connectivity index is 2.68. The summed E-state index contributed by atoms with van der Waals surface area (Å²) >= 11 is 11.3. The molecule has 0 saturated heterocycles. The van der Waals surface area contributed by atoms with Crippen LogP contribution in [0.1, 0.15) is 33.3 Å². The van der Waals surface area contributed by atoms with Crippen molar-refractivity contribution >= 4 is 34.6 Å². The standard InChI is InChI=1S/C14H21ClN2S/c1-9-6-7-11(15)8-12(9)17-13(18)16-10(2)14(3,4)5/h6-8,10H,1-5H3,(H2,16,17,18). The number of anilines is 1. The highest BCUT2D eigenvalue weighted by molar-refractivity contribution is 7.80. The number of nitrogens with one attached hydrogen (secondary N) is 2. The van der Waals surface area contributed by atoms with Gasteiger partial charge in [0.05, 0.1) is 0 Å². The van der Waals surface area contributed by atoms with E-state index in [0.29, 0.717) is 10.1 Å². The Labute approximate surface area is 120 Å². The number of halogens is 1. The van der Waals surface area contributed by atoms with Gasteiger partial charge < -0.3 is 10.6 Å². The third-order valence-corrected chi connectivity index (χ3v) is 3.55. The molecule has 2 nitrogen and oxygen atoms in total. The first-order chi connectivity index (χ1) is 8.20. The maximum Gasteiger partial charge on any atom is 0.171 e. The Morgan fingerprint density at radius 2 is 1.94 bits per heavy atom. The maximum absolute atomic E-state index is 5.97. The molecule has 0 heterocycles. The van der Waals surface area contributed by atoms with E-state index in [1.807, 2.05) is 25.1 Å². The Morgan fingerprint density at radius 3 is 2.50 bits per heavy atom. The molecule has 0 aliphatic rings. The highest BCUT2D eigenvalue weighted by atomic mass is 35.5. The van der Waals surface area contributed by atoms with E-state index in [2.05, 4.69) is 38.3 Å². The lowest BCUT2D eigenvalue weighted by Gasteiger charge is -2.29. The molecule has 0 saturated carbocycles. The number of benzene rings is 1. The first-order valence-corrected chi connectivity index (χ1v) is 6.82. The molecule has 0 aliphatic heterocycles. The zero-order valence-corrected chi connectivity index (χ0v) is 13.2. The lowest BCUT2D eigenvalue weighted by Crippen LogP contribution is -2.43. The van der Waals surface area contributed by atoms with Gasteiger partial charge in [0, 0.05) is 16.8 Å². The van der Waals surface area contributed by atoms with Gasteiger partial charge in [-0.3, -0.25) is 0 Å². The van der Waals surface area contributed by atoms with Crippen molar-refractivity contribution in [2.45, 2.75) is 40.7 Å². The predicted molar refractivity (Wildman–Crippen MR) is 84.5 cm³/mol. The van der Waals surface area contributed by atoms with E-state index in [-0.39, 0.29) is 11.5 Å². The molecule has 0 fully saturated rings. The molecule has 0 amide bonds. The molecule has 1 aromatic carbocycles. The lowest BCUT2D eigenvalue weighted by molar-refractivity contribution is 0.317. The fourth-order valence-electron chi connectivity index (χ4n) is 1.30. The van der Waals surface area contributed by atoms with Gasteiger partial charge in [0.2, 0.25) is 0 Å². The Kier molecular flexibility index (Phi) is 5.00. The molecule has 0 radical (unpaired) electrons. The Morgan fingerprint density at radius 1 is 1.33 bits per heavy atom. The molecule has 18 heavy (non-hydrogen) atoms. The van der Waals surface area contributed by atoms with Gasteiger partial charge in [-0.25, -0.2) is 0 Å². The molecule has 1 unspecified atom stereocenters. The van der Waals surface area contributed by atoms with Gasteiger partial charge in [-0.2, -0.15) is 0 Å². The molecule has 4 heteroatoms. The van der Waals surface area contributed by atoms with Crippen molar-refractivity contribution in [2.75, 3.05) is 5.32 Å². The van der Waals surface area contributed by atoms with Crippen molar-refractivity contribution in [3.05, 3.63) is 28.8 Å². The lowest BCUT2D eigenvalue weighted by atomic mass is 9.88. The average molecular weight is 285 g/mol. The van der Waals surface area contributed by atoms with Crippen LogP contribution in [0.4, 0.5) is 5.69 Å². The second kappa shape index (κ2) is 5.89. The van der Waals surface area contributed by atoms with Gasteiger partial charge in [-0.15, -0.1) is 0 Å². The van der Waals surface area contributed by atoms with Crippen molar-refractivity contribution in [3.8, 4) is 0 Å². The van der Waals surface area contributed by atoms with Crippen LogP contribution in [-0.2, 0) is 0 Å². The minimum Gasteiger partial charge on any atom is -0.359 e. The Bertz CT molecular complexity index is 438. The SMILES string of the molecule is Cc1ccc(Cl)cc1NC(=S)NC(C)C(C)(C)C. The first-order valence-electron chi connectivity index (χ1n) is 6.04. The molecule has 2 N–H and O–H groups in total.